The van der Waals surface area contributed by atoms with Crippen molar-refractivity contribution in [2.24, 2.45) is 5.92 Å². The number of hydrogen-bond donors (Lipinski definition) is 3. The fraction of sp³-hybridized carbons (Fsp3) is 0.333. The minimum Gasteiger partial charge on any atom is -0.360 e. The van der Waals surface area contributed by atoms with E-state index in [2.05, 4.69) is 16.0 Å². The van der Waals surface area contributed by atoms with E-state index in [1.54, 1.807) is 44.3 Å². The van der Waals surface area contributed by atoms with E-state index in [-0.39, 0.29) is 23.0 Å². The van der Waals surface area contributed by atoms with E-state index >= 15 is 0 Å². The molecule has 1 aromatic heterocycles. The number of anilines is 2. The molecule has 0 aliphatic rings. The number of nitrogens with one attached hydrogen (secondary N) is 3. The van der Waals surface area contributed by atoms with Gasteiger partial charge in [-0.15, -0.1) is 11.3 Å². The van der Waals surface area contributed by atoms with Crippen LogP contribution in [-0.2, 0) is 16.1 Å². The Bertz CT molecular complexity index is 1150. The second kappa shape index (κ2) is 10.4. The SMILES string of the molecule is CCNC(=O)C(C#N)=c1sc(=CNc2cccc(NC(=O)C(C)C)c2)c(=O)n1CC. The number of thiazole rings is 1. The fourth-order valence-electron chi connectivity index (χ4n) is 2.56. The highest BCUT2D eigenvalue weighted by Gasteiger charge is 2.14. The minimum absolute atomic E-state index is 0.0844. The van der Waals surface area contributed by atoms with Gasteiger partial charge >= 0.3 is 0 Å². The van der Waals surface area contributed by atoms with Crippen LogP contribution < -0.4 is 30.7 Å². The number of benzene rings is 1. The second-order valence-electron chi connectivity index (χ2n) is 6.68. The summed E-state index contributed by atoms with van der Waals surface area (Å²) in [6, 6.07) is 9.03. The number of carbonyl (C=O) groups excluding carboxylic acids is 2. The molecule has 1 aromatic carbocycles. The molecule has 0 aliphatic carbocycles. The predicted octanol–water partition coefficient (Wildman–Crippen LogP) is 1.18. The Kier molecular flexibility index (Phi) is 7.95. The first-order valence-electron chi connectivity index (χ1n) is 9.62. The fourth-order valence-corrected chi connectivity index (χ4v) is 3.65. The number of amides is 2. The lowest BCUT2D eigenvalue weighted by atomic mass is 10.2. The number of aromatic nitrogens is 1. The van der Waals surface area contributed by atoms with E-state index in [4.69, 9.17) is 0 Å². The van der Waals surface area contributed by atoms with E-state index < -0.39 is 5.91 Å². The summed E-state index contributed by atoms with van der Waals surface area (Å²) in [6.45, 7) is 7.88. The molecule has 0 aliphatic heterocycles. The molecule has 2 amide bonds. The van der Waals surface area contributed by atoms with Gasteiger partial charge in [-0.25, -0.2) is 0 Å². The van der Waals surface area contributed by atoms with E-state index in [0.29, 0.717) is 33.7 Å². The van der Waals surface area contributed by atoms with Crippen molar-refractivity contribution in [1.29, 1.82) is 5.26 Å². The smallest absolute Gasteiger partial charge is 0.270 e. The Morgan fingerprint density at radius 1 is 1.27 bits per heavy atom. The standard InChI is InChI=1S/C21H25N5O3S/c1-5-23-19(28)16(11-22)21-26(6-2)20(29)17(30-21)12-24-14-8-7-9-15(10-14)25-18(27)13(3)4/h7-10,12-13,24H,5-6H2,1-4H3,(H,23,28)(H,25,27). The van der Waals surface area contributed by atoms with Gasteiger partial charge in [-0.1, -0.05) is 19.9 Å². The van der Waals surface area contributed by atoms with Gasteiger partial charge in [0.1, 0.15) is 15.3 Å². The predicted molar refractivity (Wildman–Crippen MR) is 119 cm³/mol. The normalized spacial score (nSPS) is 12.3. The monoisotopic (exact) mass is 427 g/mol. The molecule has 0 fully saturated rings. The molecule has 0 radical (unpaired) electrons. The molecule has 8 nitrogen and oxygen atoms in total. The zero-order valence-corrected chi connectivity index (χ0v) is 18.2. The van der Waals surface area contributed by atoms with Crippen molar-refractivity contribution in [1.82, 2.24) is 9.88 Å². The topological polar surface area (TPSA) is 116 Å². The zero-order valence-electron chi connectivity index (χ0n) is 17.4. The van der Waals surface area contributed by atoms with Gasteiger partial charge in [0.25, 0.3) is 11.5 Å². The van der Waals surface area contributed by atoms with Gasteiger partial charge < -0.3 is 16.0 Å². The largest absolute Gasteiger partial charge is 0.360 e. The van der Waals surface area contributed by atoms with Crippen LogP contribution in [0.15, 0.2) is 29.1 Å². The van der Waals surface area contributed by atoms with Crippen molar-refractivity contribution >= 4 is 46.3 Å². The van der Waals surface area contributed by atoms with Crippen molar-refractivity contribution in [2.45, 2.75) is 34.2 Å². The number of carbonyl (C=O) groups is 2. The summed E-state index contributed by atoms with van der Waals surface area (Å²) in [5.74, 6) is -0.730. The number of nitriles is 1. The third-order valence-corrected chi connectivity index (χ3v) is 5.27. The summed E-state index contributed by atoms with van der Waals surface area (Å²) in [6.07, 6.45) is 1.54. The Hall–Kier alpha value is -3.38. The molecular formula is C21H25N5O3S. The lowest BCUT2D eigenvalue weighted by molar-refractivity contribution is -0.119. The molecule has 0 bridgehead atoms. The van der Waals surface area contributed by atoms with E-state index in [9.17, 15) is 19.6 Å². The van der Waals surface area contributed by atoms with Crippen LogP contribution in [0.5, 0.6) is 0 Å². The number of nitrogens with zero attached hydrogens (tertiary/aromatic N) is 2. The molecule has 0 spiro atoms. The number of rotatable bonds is 7. The molecule has 2 rings (SSSR count). The molecule has 1 heterocycles. The molecule has 0 atom stereocenters. The Morgan fingerprint density at radius 3 is 2.57 bits per heavy atom. The van der Waals surface area contributed by atoms with Crippen LogP contribution in [-0.4, -0.2) is 22.9 Å². The summed E-state index contributed by atoms with van der Waals surface area (Å²) in [5.41, 5.74) is 0.952. The van der Waals surface area contributed by atoms with Crippen LogP contribution >= 0.6 is 11.3 Å². The van der Waals surface area contributed by atoms with E-state index in [1.807, 2.05) is 19.9 Å². The Morgan fingerprint density at radius 2 is 1.97 bits per heavy atom. The molecule has 0 unspecified atom stereocenters. The molecular weight excluding hydrogens is 402 g/mol. The van der Waals surface area contributed by atoms with Crippen LogP contribution in [0.3, 0.4) is 0 Å². The van der Waals surface area contributed by atoms with E-state index in [1.165, 1.54) is 4.57 Å². The van der Waals surface area contributed by atoms with Crippen molar-refractivity contribution in [3.63, 3.8) is 0 Å². The quantitative estimate of drug-likeness (QED) is 0.614. The van der Waals surface area contributed by atoms with Crippen LogP contribution in [0.1, 0.15) is 27.7 Å². The van der Waals surface area contributed by atoms with Crippen molar-refractivity contribution in [2.75, 3.05) is 17.2 Å². The first kappa shape index (κ1) is 22.9. The van der Waals surface area contributed by atoms with Gasteiger partial charge in [-0.05, 0) is 32.0 Å². The van der Waals surface area contributed by atoms with Gasteiger partial charge in [0.05, 0.1) is 0 Å². The van der Waals surface area contributed by atoms with Crippen molar-refractivity contribution in [3.8, 4) is 6.07 Å². The lowest BCUT2D eigenvalue weighted by Gasteiger charge is -2.09. The maximum absolute atomic E-state index is 12.7. The molecule has 30 heavy (non-hydrogen) atoms. The van der Waals surface area contributed by atoms with Crippen molar-refractivity contribution in [3.05, 3.63) is 43.8 Å². The van der Waals surface area contributed by atoms with Gasteiger partial charge in [0.15, 0.2) is 5.57 Å². The highest BCUT2D eigenvalue weighted by molar-refractivity contribution is 7.07. The maximum Gasteiger partial charge on any atom is 0.270 e. The van der Waals surface area contributed by atoms with Gasteiger partial charge in [0.2, 0.25) is 5.91 Å². The molecule has 3 N–H and O–H groups in total. The van der Waals surface area contributed by atoms with Crippen molar-refractivity contribution < 1.29 is 9.59 Å². The average molecular weight is 428 g/mol. The molecule has 0 saturated heterocycles. The molecule has 158 valence electrons. The Labute approximate surface area is 178 Å². The average Bonchev–Trinajstić information content (AvgIpc) is 3.02. The lowest BCUT2D eigenvalue weighted by Crippen LogP contribution is -2.34. The first-order chi connectivity index (χ1) is 14.3. The summed E-state index contributed by atoms with van der Waals surface area (Å²) < 4.78 is 2.09. The summed E-state index contributed by atoms with van der Waals surface area (Å²) in [4.78, 5) is 36.8. The summed E-state index contributed by atoms with van der Waals surface area (Å²) in [5, 5.41) is 17.9. The number of hydrogen-bond acceptors (Lipinski definition) is 6. The molecule has 9 heteroatoms. The van der Waals surface area contributed by atoms with Crippen LogP contribution in [0, 0.1) is 17.2 Å². The van der Waals surface area contributed by atoms with Crippen LogP contribution in [0.25, 0.3) is 11.8 Å². The van der Waals surface area contributed by atoms with Gasteiger partial charge in [-0.3, -0.25) is 19.0 Å². The second-order valence-corrected chi connectivity index (χ2v) is 7.71. The third-order valence-electron chi connectivity index (χ3n) is 4.14. The van der Waals surface area contributed by atoms with E-state index in [0.717, 1.165) is 11.3 Å². The Balaban J connectivity index is 2.44. The molecule has 2 aromatic rings. The summed E-state index contributed by atoms with van der Waals surface area (Å²) >= 11 is 1.08. The van der Waals surface area contributed by atoms with Crippen LogP contribution in [0.2, 0.25) is 0 Å². The van der Waals surface area contributed by atoms with Gasteiger partial charge in [0, 0.05) is 36.6 Å². The molecule has 0 saturated carbocycles. The third kappa shape index (κ3) is 5.36. The van der Waals surface area contributed by atoms with Crippen LogP contribution in [0.4, 0.5) is 11.4 Å². The highest BCUT2D eigenvalue weighted by atomic mass is 32.1. The maximum atomic E-state index is 12.7. The minimum atomic E-state index is -0.503. The van der Waals surface area contributed by atoms with Gasteiger partial charge in [-0.2, -0.15) is 5.26 Å². The summed E-state index contributed by atoms with van der Waals surface area (Å²) in [7, 11) is 0. The first-order valence-corrected chi connectivity index (χ1v) is 10.4. The zero-order chi connectivity index (χ0) is 22.3. The highest BCUT2D eigenvalue weighted by Crippen LogP contribution is 2.15.